The van der Waals surface area contributed by atoms with Gasteiger partial charge in [-0.3, -0.25) is 4.79 Å². The van der Waals surface area contributed by atoms with Crippen molar-refractivity contribution in [1.82, 2.24) is 9.80 Å². The molecule has 23 heavy (non-hydrogen) atoms. The summed E-state index contributed by atoms with van der Waals surface area (Å²) < 4.78 is 0. The van der Waals surface area contributed by atoms with Crippen molar-refractivity contribution < 1.29 is 4.79 Å². The Labute approximate surface area is 140 Å². The highest BCUT2D eigenvalue weighted by Crippen LogP contribution is 2.55. The van der Waals surface area contributed by atoms with Crippen LogP contribution >= 0.6 is 0 Å². The van der Waals surface area contributed by atoms with Crippen LogP contribution in [0, 0.1) is 11.3 Å². The predicted octanol–water partition coefficient (Wildman–Crippen LogP) is 3.72. The van der Waals surface area contributed by atoms with Gasteiger partial charge in [-0.05, 0) is 45.3 Å². The molecular weight excluding hydrogens is 284 g/mol. The third-order valence-electron chi connectivity index (χ3n) is 5.79. The lowest BCUT2D eigenvalue weighted by atomic mass is 9.62. The highest BCUT2D eigenvalue weighted by Gasteiger charge is 2.55. The van der Waals surface area contributed by atoms with Crippen LogP contribution in [0.2, 0.25) is 0 Å². The molecule has 1 aromatic rings. The van der Waals surface area contributed by atoms with Crippen molar-refractivity contribution in [3.63, 3.8) is 0 Å². The monoisotopic (exact) mass is 314 g/mol. The number of piperidine rings is 1. The lowest BCUT2D eigenvalue weighted by molar-refractivity contribution is -0.167. The van der Waals surface area contributed by atoms with Crippen molar-refractivity contribution in [1.29, 1.82) is 0 Å². The number of amides is 1. The molecule has 0 saturated carbocycles. The Morgan fingerprint density at radius 1 is 1.09 bits per heavy atom. The average molecular weight is 314 g/mol. The summed E-state index contributed by atoms with van der Waals surface area (Å²) in [6, 6.07) is 11.5. The summed E-state index contributed by atoms with van der Waals surface area (Å²) in [5, 5.41) is 0. The number of hydrogen-bond acceptors (Lipinski definition) is 2. The molecule has 3 rings (SSSR count). The van der Waals surface area contributed by atoms with Gasteiger partial charge in [-0.25, -0.2) is 0 Å². The molecule has 2 aliphatic rings. The maximum absolute atomic E-state index is 12.6. The van der Waals surface area contributed by atoms with Gasteiger partial charge in [0, 0.05) is 23.9 Å². The average Bonchev–Trinajstić information content (AvgIpc) is 2.53. The summed E-state index contributed by atoms with van der Waals surface area (Å²) in [5.74, 6) is 0.380. The van der Waals surface area contributed by atoms with E-state index >= 15 is 0 Å². The van der Waals surface area contributed by atoms with Crippen LogP contribution in [0.3, 0.4) is 0 Å². The predicted molar refractivity (Wildman–Crippen MR) is 94.1 cm³/mol. The number of hydrogen-bond donors (Lipinski definition) is 0. The normalized spacial score (nSPS) is 24.3. The molecule has 1 spiro atoms. The quantitative estimate of drug-likeness (QED) is 0.849. The van der Waals surface area contributed by atoms with E-state index in [1.807, 2.05) is 13.8 Å². The Morgan fingerprint density at radius 3 is 2.22 bits per heavy atom. The molecule has 2 fully saturated rings. The molecular formula is C20H30N2O. The zero-order valence-corrected chi connectivity index (χ0v) is 15.0. The van der Waals surface area contributed by atoms with Crippen molar-refractivity contribution >= 4 is 5.91 Å². The third-order valence-corrected chi connectivity index (χ3v) is 5.79. The van der Waals surface area contributed by atoms with Crippen LogP contribution in [0.25, 0.3) is 0 Å². The van der Waals surface area contributed by atoms with Crippen molar-refractivity contribution in [3.8, 4) is 0 Å². The van der Waals surface area contributed by atoms with Crippen molar-refractivity contribution in [2.45, 2.75) is 52.6 Å². The molecule has 3 heteroatoms. The van der Waals surface area contributed by atoms with Crippen molar-refractivity contribution in [2.75, 3.05) is 19.6 Å². The van der Waals surface area contributed by atoms with Crippen LogP contribution in [0.4, 0.5) is 0 Å². The Bertz CT molecular complexity index is 544. The number of carbonyl (C=O) groups is 1. The summed E-state index contributed by atoms with van der Waals surface area (Å²) in [5.41, 5.74) is 1.60. The van der Waals surface area contributed by atoms with E-state index < -0.39 is 0 Å². The SMILES string of the molecule is CC(C)C(=O)N1CC2(CCN(C(C)C)CC2)C1c1ccccc1. The van der Waals surface area contributed by atoms with E-state index in [1.165, 1.54) is 18.4 Å². The molecule has 0 aliphatic carbocycles. The fraction of sp³-hybridized carbons (Fsp3) is 0.650. The summed E-state index contributed by atoms with van der Waals surface area (Å²) in [7, 11) is 0. The van der Waals surface area contributed by atoms with E-state index in [0.29, 0.717) is 11.9 Å². The summed E-state index contributed by atoms with van der Waals surface area (Å²) in [6.07, 6.45) is 2.40. The summed E-state index contributed by atoms with van der Waals surface area (Å²) >= 11 is 0. The van der Waals surface area contributed by atoms with Gasteiger partial charge in [0.1, 0.15) is 0 Å². The lowest BCUT2D eigenvalue weighted by Gasteiger charge is -2.61. The van der Waals surface area contributed by atoms with E-state index in [4.69, 9.17) is 0 Å². The standard InChI is InChI=1S/C20H30N2O/c1-15(2)19(23)22-14-20(10-12-21(13-11-20)16(3)4)18(22)17-8-6-5-7-9-17/h5-9,15-16,18H,10-14H2,1-4H3. The molecule has 2 saturated heterocycles. The molecule has 3 nitrogen and oxygen atoms in total. The minimum absolute atomic E-state index is 0.0781. The highest BCUT2D eigenvalue weighted by atomic mass is 16.2. The van der Waals surface area contributed by atoms with E-state index in [2.05, 4.69) is 54.0 Å². The van der Waals surface area contributed by atoms with Gasteiger partial charge in [0.2, 0.25) is 5.91 Å². The van der Waals surface area contributed by atoms with Crippen LogP contribution in [-0.2, 0) is 4.79 Å². The smallest absolute Gasteiger partial charge is 0.225 e. The fourth-order valence-corrected chi connectivity index (χ4v) is 4.36. The summed E-state index contributed by atoms with van der Waals surface area (Å²) in [4.78, 5) is 17.3. The second kappa shape index (κ2) is 6.27. The second-order valence-electron chi connectivity index (χ2n) is 7.93. The van der Waals surface area contributed by atoms with Crippen molar-refractivity contribution in [2.24, 2.45) is 11.3 Å². The van der Waals surface area contributed by atoms with Crippen LogP contribution < -0.4 is 0 Å². The van der Waals surface area contributed by atoms with Gasteiger partial charge in [-0.15, -0.1) is 0 Å². The molecule has 1 aromatic carbocycles. The Balaban J connectivity index is 1.83. The molecule has 1 amide bonds. The number of likely N-dealkylation sites (tertiary alicyclic amines) is 2. The third kappa shape index (κ3) is 2.91. The molecule has 2 heterocycles. The topological polar surface area (TPSA) is 23.6 Å². The largest absolute Gasteiger partial charge is 0.334 e. The molecule has 1 unspecified atom stereocenters. The first kappa shape index (κ1) is 16.5. The van der Waals surface area contributed by atoms with Gasteiger partial charge in [0.15, 0.2) is 0 Å². The van der Waals surface area contributed by atoms with Crippen LogP contribution in [0.1, 0.15) is 52.1 Å². The van der Waals surface area contributed by atoms with Gasteiger partial charge in [-0.1, -0.05) is 44.2 Å². The minimum Gasteiger partial charge on any atom is -0.334 e. The second-order valence-corrected chi connectivity index (χ2v) is 7.93. The van der Waals surface area contributed by atoms with E-state index in [9.17, 15) is 4.79 Å². The first-order chi connectivity index (χ1) is 10.9. The van der Waals surface area contributed by atoms with Crippen LogP contribution in [0.15, 0.2) is 30.3 Å². The Hall–Kier alpha value is -1.35. The molecule has 1 atom stereocenters. The first-order valence-corrected chi connectivity index (χ1v) is 9.04. The molecule has 126 valence electrons. The van der Waals surface area contributed by atoms with E-state index in [-0.39, 0.29) is 17.4 Å². The number of carbonyl (C=O) groups excluding carboxylic acids is 1. The number of rotatable bonds is 3. The molecule has 0 bridgehead atoms. The molecule has 2 aliphatic heterocycles. The van der Waals surface area contributed by atoms with Gasteiger partial charge in [0.25, 0.3) is 0 Å². The zero-order chi connectivity index (χ0) is 16.6. The van der Waals surface area contributed by atoms with Crippen molar-refractivity contribution in [3.05, 3.63) is 35.9 Å². The van der Waals surface area contributed by atoms with E-state index in [0.717, 1.165) is 19.6 Å². The Morgan fingerprint density at radius 2 is 1.70 bits per heavy atom. The highest BCUT2D eigenvalue weighted by molar-refractivity contribution is 5.80. The van der Waals surface area contributed by atoms with E-state index in [1.54, 1.807) is 0 Å². The lowest BCUT2D eigenvalue weighted by Crippen LogP contribution is -2.64. The maximum Gasteiger partial charge on any atom is 0.225 e. The zero-order valence-electron chi connectivity index (χ0n) is 15.0. The van der Waals surface area contributed by atoms with Gasteiger partial charge < -0.3 is 9.80 Å². The van der Waals surface area contributed by atoms with Crippen LogP contribution in [-0.4, -0.2) is 41.4 Å². The number of nitrogens with zero attached hydrogens (tertiary/aromatic N) is 2. The summed E-state index contributed by atoms with van der Waals surface area (Å²) in [6.45, 7) is 11.8. The molecule has 0 radical (unpaired) electrons. The van der Waals surface area contributed by atoms with Gasteiger partial charge in [-0.2, -0.15) is 0 Å². The Kier molecular flexibility index (Phi) is 4.50. The van der Waals surface area contributed by atoms with Gasteiger partial charge >= 0.3 is 0 Å². The first-order valence-electron chi connectivity index (χ1n) is 9.04. The fourth-order valence-electron chi connectivity index (χ4n) is 4.36. The molecule has 0 aromatic heterocycles. The molecule has 0 N–H and O–H groups in total. The van der Waals surface area contributed by atoms with Gasteiger partial charge in [0.05, 0.1) is 6.04 Å². The minimum atomic E-state index is 0.0781. The maximum atomic E-state index is 12.6. The van der Waals surface area contributed by atoms with Crippen LogP contribution in [0.5, 0.6) is 0 Å². The number of benzene rings is 1.